The number of fused-ring (bicyclic) bond motifs is 1. The number of hydrogen-bond donors (Lipinski definition) is 1. The van der Waals surface area contributed by atoms with Gasteiger partial charge in [0.15, 0.2) is 0 Å². The van der Waals surface area contributed by atoms with Crippen molar-refractivity contribution < 1.29 is 5.11 Å². The smallest absolute Gasteiger partial charge is 0.117 e. The third kappa shape index (κ3) is 3.41. The lowest BCUT2D eigenvalue weighted by atomic mass is 9.70. The molecule has 3 aromatic carbocycles. The summed E-state index contributed by atoms with van der Waals surface area (Å²) in [6, 6.07) is 32.0. The van der Waals surface area contributed by atoms with Gasteiger partial charge in [0.25, 0.3) is 0 Å². The van der Waals surface area contributed by atoms with Crippen LogP contribution in [0, 0.1) is 5.92 Å². The van der Waals surface area contributed by atoms with Gasteiger partial charge in [-0.15, -0.1) is 0 Å². The number of hydrogen-bond acceptors (Lipinski definition) is 2. The van der Waals surface area contributed by atoms with Crippen molar-refractivity contribution in [3.05, 3.63) is 108 Å². The molecule has 2 aliphatic heterocycles. The summed E-state index contributed by atoms with van der Waals surface area (Å²) in [7, 11) is 0. The maximum absolute atomic E-state index is 12.2. The van der Waals surface area contributed by atoms with E-state index in [2.05, 4.69) is 59.5 Å². The first-order valence-electron chi connectivity index (χ1n) is 10.9. The van der Waals surface area contributed by atoms with E-state index in [4.69, 9.17) is 0 Å². The van der Waals surface area contributed by atoms with Gasteiger partial charge in [0, 0.05) is 12.6 Å². The Morgan fingerprint density at radius 2 is 1.28 bits per heavy atom. The van der Waals surface area contributed by atoms with Gasteiger partial charge in [0.05, 0.1) is 0 Å². The molecule has 3 aromatic rings. The van der Waals surface area contributed by atoms with Gasteiger partial charge in [0.2, 0.25) is 0 Å². The SMILES string of the molecule is OC(c1ccccc1)(c1ccccc1)C1CCN2CC(c3ccccc3)CC2C1. The summed E-state index contributed by atoms with van der Waals surface area (Å²) in [5.74, 6) is 0.838. The zero-order valence-corrected chi connectivity index (χ0v) is 16.8. The molecule has 0 radical (unpaired) electrons. The Balaban J connectivity index is 1.44. The highest BCUT2D eigenvalue weighted by Crippen LogP contribution is 2.46. The first kappa shape index (κ1) is 18.6. The van der Waals surface area contributed by atoms with E-state index in [0.717, 1.165) is 37.1 Å². The fourth-order valence-corrected chi connectivity index (χ4v) is 5.64. The van der Waals surface area contributed by atoms with Gasteiger partial charge in [-0.25, -0.2) is 0 Å². The number of piperidine rings is 1. The highest BCUT2D eigenvalue weighted by atomic mass is 16.3. The molecule has 29 heavy (non-hydrogen) atoms. The van der Waals surface area contributed by atoms with E-state index in [1.165, 1.54) is 12.0 Å². The monoisotopic (exact) mass is 383 g/mol. The summed E-state index contributed by atoms with van der Waals surface area (Å²) in [4.78, 5) is 2.66. The highest BCUT2D eigenvalue weighted by Gasteiger charge is 2.46. The molecule has 0 aliphatic carbocycles. The Labute approximate surface area is 173 Å². The van der Waals surface area contributed by atoms with Crippen LogP contribution in [0.1, 0.15) is 41.9 Å². The van der Waals surface area contributed by atoms with Crippen molar-refractivity contribution in [1.82, 2.24) is 4.90 Å². The number of aliphatic hydroxyl groups is 1. The molecule has 0 bridgehead atoms. The van der Waals surface area contributed by atoms with Gasteiger partial charge in [-0.3, -0.25) is 4.90 Å². The number of benzene rings is 3. The van der Waals surface area contributed by atoms with Gasteiger partial charge in [-0.05, 0) is 54.3 Å². The van der Waals surface area contributed by atoms with E-state index in [1.807, 2.05) is 36.4 Å². The van der Waals surface area contributed by atoms with Crippen molar-refractivity contribution in [2.75, 3.05) is 13.1 Å². The van der Waals surface area contributed by atoms with Crippen molar-refractivity contribution in [1.29, 1.82) is 0 Å². The first-order valence-corrected chi connectivity index (χ1v) is 10.9. The molecule has 0 spiro atoms. The van der Waals surface area contributed by atoms with Crippen LogP contribution in [-0.2, 0) is 5.60 Å². The molecule has 1 N–H and O–H groups in total. The van der Waals surface area contributed by atoms with Gasteiger partial charge < -0.3 is 5.11 Å². The summed E-state index contributed by atoms with van der Waals surface area (Å²) < 4.78 is 0. The zero-order valence-electron chi connectivity index (χ0n) is 16.8. The van der Waals surface area contributed by atoms with E-state index < -0.39 is 5.60 Å². The van der Waals surface area contributed by atoms with E-state index in [9.17, 15) is 5.11 Å². The topological polar surface area (TPSA) is 23.5 Å². The largest absolute Gasteiger partial charge is 0.380 e. The molecule has 5 rings (SSSR count). The Morgan fingerprint density at radius 3 is 1.86 bits per heavy atom. The zero-order chi connectivity index (χ0) is 19.7. The molecule has 0 saturated carbocycles. The Kier molecular flexibility index (Phi) is 4.99. The quantitative estimate of drug-likeness (QED) is 0.670. The fourth-order valence-electron chi connectivity index (χ4n) is 5.64. The van der Waals surface area contributed by atoms with E-state index in [1.54, 1.807) is 0 Å². The normalized spacial score (nSPS) is 24.9. The molecule has 148 valence electrons. The average molecular weight is 384 g/mol. The van der Waals surface area contributed by atoms with Crippen molar-refractivity contribution in [2.24, 2.45) is 5.92 Å². The lowest BCUT2D eigenvalue weighted by Crippen LogP contribution is -2.46. The van der Waals surface area contributed by atoms with Crippen molar-refractivity contribution in [3.8, 4) is 0 Å². The van der Waals surface area contributed by atoms with Gasteiger partial charge >= 0.3 is 0 Å². The second-order valence-corrected chi connectivity index (χ2v) is 8.71. The molecule has 0 amide bonds. The Bertz CT molecular complexity index is 885. The lowest BCUT2D eigenvalue weighted by molar-refractivity contribution is -0.0232. The van der Waals surface area contributed by atoms with Crippen LogP contribution in [0.15, 0.2) is 91.0 Å². The van der Waals surface area contributed by atoms with E-state index >= 15 is 0 Å². The fraction of sp³-hybridized carbons (Fsp3) is 0.333. The Morgan fingerprint density at radius 1 is 0.724 bits per heavy atom. The number of nitrogens with zero attached hydrogens (tertiary/aromatic N) is 1. The van der Waals surface area contributed by atoms with Crippen molar-refractivity contribution in [2.45, 2.75) is 36.8 Å². The van der Waals surface area contributed by atoms with Crippen LogP contribution >= 0.6 is 0 Å². The third-order valence-corrected chi connectivity index (χ3v) is 7.14. The van der Waals surface area contributed by atoms with Crippen LogP contribution < -0.4 is 0 Å². The van der Waals surface area contributed by atoms with Gasteiger partial charge in [-0.1, -0.05) is 91.0 Å². The molecule has 2 saturated heterocycles. The minimum Gasteiger partial charge on any atom is -0.380 e. The summed E-state index contributed by atoms with van der Waals surface area (Å²) in [5.41, 5.74) is 2.56. The molecule has 2 heterocycles. The van der Waals surface area contributed by atoms with Gasteiger partial charge in [-0.2, -0.15) is 0 Å². The molecule has 2 aliphatic rings. The maximum atomic E-state index is 12.2. The average Bonchev–Trinajstić information content (AvgIpc) is 3.24. The van der Waals surface area contributed by atoms with Crippen LogP contribution in [0.25, 0.3) is 0 Å². The van der Waals surface area contributed by atoms with Crippen molar-refractivity contribution >= 4 is 0 Å². The predicted octanol–water partition coefficient (Wildman–Crippen LogP) is 5.19. The standard InChI is InChI=1S/C27H29NO/c29-27(23-12-6-2-7-13-23,24-14-8-3-9-15-24)25-16-17-28-20-22(18-26(28)19-25)21-10-4-1-5-11-21/h1-15,22,25-26,29H,16-20H2. The van der Waals surface area contributed by atoms with E-state index in [0.29, 0.717) is 12.0 Å². The summed E-state index contributed by atoms with van der Waals surface area (Å²) >= 11 is 0. The molecular weight excluding hydrogens is 354 g/mol. The molecule has 3 unspecified atom stereocenters. The third-order valence-electron chi connectivity index (χ3n) is 7.14. The summed E-state index contributed by atoms with van der Waals surface area (Å²) in [5, 5.41) is 12.2. The molecule has 0 aromatic heterocycles. The maximum Gasteiger partial charge on any atom is 0.117 e. The minimum absolute atomic E-state index is 0.225. The van der Waals surface area contributed by atoms with Crippen LogP contribution in [0.5, 0.6) is 0 Å². The van der Waals surface area contributed by atoms with Crippen LogP contribution in [0.2, 0.25) is 0 Å². The Hall–Kier alpha value is -2.42. The summed E-state index contributed by atoms with van der Waals surface area (Å²) in [6.07, 6.45) is 3.27. The highest BCUT2D eigenvalue weighted by molar-refractivity contribution is 5.37. The molecule has 3 atom stereocenters. The van der Waals surface area contributed by atoms with Crippen LogP contribution in [0.3, 0.4) is 0 Å². The molecular formula is C27H29NO. The van der Waals surface area contributed by atoms with E-state index in [-0.39, 0.29) is 5.92 Å². The minimum atomic E-state index is -0.931. The lowest BCUT2D eigenvalue weighted by Gasteiger charge is -2.44. The van der Waals surface area contributed by atoms with Crippen LogP contribution in [-0.4, -0.2) is 29.1 Å². The molecule has 2 nitrogen and oxygen atoms in total. The van der Waals surface area contributed by atoms with Crippen LogP contribution in [0.4, 0.5) is 0 Å². The molecule has 2 heteroatoms. The van der Waals surface area contributed by atoms with Crippen molar-refractivity contribution in [3.63, 3.8) is 0 Å². The first-order chi connectivity index (χ1) is 14.2. The number of rotatable bonds is 4. The molecule has 2 fully saturated rings. The van der Waals surface area contributed by atoms with Gasteiger partial charge in [0.1, 0.15) is 5.60 Å². The second-order valence-electron chi connectivity index (χ2n) is 8.71. The second kappa shape index (κ2) is 7.78. The predicted molar refractivity (Wildman–Crippen MR) is 118 cm³/mol. The summed E-state index contributed by atoms with van der Waals surface area (Å²) in [6.45, 7) is 2.22.